The number of nitrogens with zero attached hydrogens (tertiary/aromatic N) is 2. The van der Waals surface area contributed by atoms with Gasteiger partial charge in [-0.3, -0.25) is 14.6 Å². The van der Waals surface area contributed by atoms with Gasteiger partial charge in [0.05, 0.1) is 12.5 Å². The molecule has 1 aliphatic heterocycles. The van der Waals surface area contributed by atoms with Crippen molar-refractivity contribution in [3.05, 3.63) is 53.9 Å². The SMILES string of the molecule is CCOC(=O)[C@H]1C[C@@H]1CN(Cc1ccc2c(c1)OCO2)C(=O)c1ccncc1. The largest absolute Gasteiger partial charge is 0.466 e. The third-order valence-electron chi connectivity index (χ3n) is 4.99. The topological polar surface area (TPSA) is 78.0 Å². The molecule has 0 N–H and O–H groups in total. The molecular formula is C21H22N2O5. The molecule has 1 fully saturated rings. The Balaban J connectivity index is 1.50. The number of aromatic nitrogens is 1. The van der Waals surface area contributed by atoms with Crippen molar-refractivity contribution in [2.45, 2.75) is 19.9 Å². The average molecular weight is 382 g/mol. The lowest BCUT2D eigenvalue weighted by Crippen LogP contribution is -2.33. The lowest BCUT2D eigenvalue weighted by Gasteiger charge is -2.23. The van der Waals surface area contributed by atoms with Crippen molar-refractivity contribution in [3.8, 4) is 11.5 Å². The summed E-state index contributed by atoms with van der Waals surface area (Å²) in [5, 5.41) is 0. The fourth-order valence-corrected chi connectivity index (χ4v) is 3.43. The van der Waals surface area contributed by atoms with Gasteiger partial charge in [-0.05, 0) is 49.1 Å². The molecule has 2 heterocycles. The summed E-state index contributed by atoms with van der Waals surface area (Å²) in [5.41, 5.74) is 1.52. The van der Waals surface area contributed by atoms with Gasteiger partial charge in [0.15, 0.2) is 11.5 Å². The zero-order valence-corrected chi connectivity index (χ0v) is 15.7. The highest BCUT2D eigenvalue weighted by Crippen LogP contribution is 2.41. The number of carbonyl (C=O) groups excluding carboxylic acids is 2. The number of ether oxygens (including phenoxy) is 3. The van der Waals surface area contributed by atoms with E-state index in [1.807, 2.05) is 18.2 Å². The van der Waals surface area contributed by atoms with E-state index in [4.69, 9.17) is 14.2 Å². The lowest BCUT2D eigenvalue weighted by molar-refractivity contribution is -0.145. The first-order valence-corrected chi connectivity index (χ1v) is 9.40. The summed E-state index contributed by atoms with van der Waals surface area (Å²) >= 11 is 0. The van der Waals surface area contributed by atoms with Crippen molar-refractivity contribution in [3.63, 3.8) is 0 Å². The van der Waals surface area contributed by atoms with Gasteiger partial charge in [0.2, 0.25) is 6.79 Å². The van der Waals surface area contributed by atoms with E-state index in [1.165, 1.54) is 0 Å². The maximum Gasteiger partial charge on any atom is 0.309 e. The summed E-state index contributed by atoms with van der Waals surface area (Å²) in [4.78, 5) is 30.8. The summed E-state index contributed by atoms with van der Waals surface area (Å²) in [6.07, 6.45) is 3.95. The van der Waals surface area contributed by atoms with Crippen LogP contribution in [0.2, 0.25) is 0 Å². The van der Waals surface area contributed by atoms with E-state index in [0.717, 1.165) is 12.0 Å². The monoisotopic (exact) mass is 382 g/mol. The molecule has 1 saturated carbocycles. The van der Waals surface area contributed by atoms with Crippen molar-refractivity contribution in [2.75, 3.05) is 19.9 Å². The highest BCUT2D eigenvalue weighted by molar-refractivity contribution is 5.94. The molecule has 1 aromatic carbocycles. The fourth-order valence-electron chi connectivity index (χ4n) is 3.43. The fraction of sp³-hybridized carbons (Fsp3) is 0.381. The highest BCUT2D eigenvalue weighted by Gasteiger charge is 2.45. The number of amides is 1. The number of rotatable bonds is 7. The van der Waals surface area contributed by atoms with E-state index in [1.54, 1.807) is 36.4 Å². The Labute approximate surface area is 163 Å². The van der Waals surface area contributed by atoms with E-state index >= 15 is 0 Å². The van der Waals surface area contributed by atoms with Crippen LogP contribution in [-0.2, 0) is 16.1 Å². The quantitative estimate of drug-likeness (QED) is 0.685. The Morgan fingerprint density at radius 2 is 1.96 bits per heavy atom. The highest BCUT2D eigenvalue weighted by atomic mass is 16.7. The molecule has 7 nitrogen and oxygen atoms in total. The number of fused-ring (bicyclic) bond motifs is 1. The Morgan fingerprint density at radius 3 is 2.75 bits per heavy atom. The maximum atomic E-state index is 13.1. The van der Waals surface area contributed by atoms with Crippen molar-refractivity contribution >= 4 is 11.9 Å². The Hall–Kier alpha value is -3.09. The first kappa shape index (κ1) is 18.3. The van der Waals surface area contributed by atoms with E-state index in [0.29, 0.717) is 36.8 Å². The number of hydrogen-bond donors (Lipinski definition) is 0. The molecule has 1 aliphatic carbocycles. The number of esters is 1. The average Bonchev–Trinajstić information content (AvgIpc) is 3.33. The molecule has 0 radical (unpaired) electrons. The van der Waals surface area contributed by atoms with Crippen LogP contribution in [0.15, 0.2) is 42.7 Å². The van der Waals surface area contributed by atoms with Gasteiger partial charge < -0.3 is 19.1 Å². The molecule has 1 aromatic heterocycles. The molecule has 0 saturated heterocycles. The molecule has 2 atom stereocenters. The minimum absolute atomic E-state index is 0.0884. The molecule has 2 aromatic rings. The first-order chi connectivity index (χ1) is 13.7. The van der Waals surface area contributed by atoms with Crippen molar-refractivity contribution in [1.29, 1.82) is 0 Å². The first-order valence-electron chi connectivity index (χ1n) is 9.40. The van der Waals surface area contributed by atoms with Crippen LogP contribution in [0.3, 0.4) is 0 Å². The standard InChI is InChI=1S/C21H22N2O5/c1-2-26-21(25)17-10-16(17)12-23(20(24)15-5-7-22-8-6-15)11-14-3-4-18-19(9-14)28-13-27-18/h3-9,16-17H,2,10-13H2,1H3/t16-,17+/m1/s1. The molecule has 0 spiro atoms. The van der Waals surface area contributed by atoms with Crippen LogP contribution in [0, 0.1) is 11.8 Å². The number of pyridine rings is 1. The van der Waals surface area contributed by atoms with Crippen LogP contribution >= 0.6 is 0 Å². The number of benzene rings is 1. The second kappa shape index (κ2) is 7.88. The minimum Gasteiger partial charge on any atom is -0.466 e. The van der Waals surface area contributed by atoms with E-state index in [-0.39, 0.29) is 30.5 Å². The van der Waals surface area contributed by atoms with Gasteiger partial charge in [0, 0.05) is 31.0 Å². The second-order valence-corrected chi connectivity index (χ2v) is 6.96. The van der Waals surface area contributed by atoms with Gasteiger partial charge in [-0.15, -0.1) is 0 Å². The van der Waals surface area contributed by atoms with Gasteiger partial charge in [0.25, 0.3) is 5.91 Å². The number of hydrogen-bond acceptors (Lipinski definition) is 6. The molecule has 28 heavy (non-hydrogen) atoms. The molecular weight excluding hydrogens is 360 g/mol. The molecule has 0 bridgehead atoms. The van der Waals surface area contributed by atoms with E-state index in [9.17, 15) is 9.59 Å². The van der Waals surface area contributed by atoms with Crippen LogP contribution in [0.1, 0.15) is 29.3 Å². The van der Waals surface area contributed by atoms with Crippen LogP contribution < -0.4 is 9.47 Å². The van der Waals surface area contributed by atoms with Crippen molar-refractivity contribution < 1.29 is 23.8 Å². The summed E-state index contributed by atoms with van der Waals surface area (Å²) in [6, 6.07) is 9.07. The molecule has 1 amide bonds. The van der Waals surface area contributed by atoms with Crippen molar-refractivity contribution in [2.24, 2.45) is 11.8 Å². The van der Waals surface area contributed by atoms with Gasteiger partial charge in [-0.2, -0.15) is 0 Å². The molecule has 4 rings (SSSR count). The van der Waals surface area contributed by atoms with E-state index < -0.39 is 0 Å². The van der Waals surface area contributed by atoms with Gasteiger partial charge in [-0.1, -0.05) is 6.07 Å². The van der Waals surface area contributed by atoms with Gasteiger partial charge in [-0.25, -0.2) is 0 Å². The Morgan fingerprint density at radius 1 is 1.18 bits per heavy atom. The van der Waals surface area contributed by atoms with Crippen LogP contribution in [0.5, 0.6) is 11.5 Å². The van der Waals surface area contributed by atoms with Gasteiger partial charge >= 0.3 is 5.97 Å². The zero-order chi connectivity index (χ0) is 19.5. The summed E-state index contributed by atoms with van der Waals surface area (Å²) in [7, 11) is 0. The molecule has 7 heteroatoms. The zero-order valence-electron chi connectivity index (χ0n) is 15.7. The van der Waals surface area contributed by atoms with E-state index in [2.05, 4.69) is 4.98 Å². The lowest BCUT2D eigenvalue weighted by atomic mass is 10.1. The minimum atomic E-state index is -0.174. The second-order valence-electron chi connectivity index (χ2n) is 6.96. The maximum absolute atomic E-state index is 13.1. The van der Waals surface area contributed by atoms with Crippen LogP contribution in [0.4, 0.5) is 0 Å². The predicted octanol–water partition coefficient (Wildman–Crippen LogP) is 2.65. The third-order valence-corrected chi connectivity index (χ3v) is 4.99. The van der Waals surface area contributed by atoms with Crippen LogP contribution in [0.25, 0.3) is 0 Å². The molecule has 0 unspecified atom stereocenters. The summed E-state index contributed by atoms with van der Waals surface area (Å²) in [5.74, 6) is 1.13. The van der Waals surface area contributed by atoms with Gasteiger partial charge in [0.1, 0.15) is 0 Å². The molecule has 146 valence electrons. The summed E-state index contributed by atoms with van der Waals surface area (Å²) in [6.45, 7) is 3.30. The Bertz CT molecular complexity index is 870. The Kier molecular flexibility index (Phi) is 5.14. The number of carbonyl (C=O) groups is 2. The van der Waals surface area contributed by atoms with Crippen LogP contribution in [-0.4, -0.2) is 41.7 Å². The third kappa shape index (κ3) is 3.93. The molecule has 2 aliphatic rings. The summed E-state index contributed by atoms with van der Waals surface area (Å²) < 4.78 is 15.9. The van der Waals surface area contributed by atoms with Crippen molar-refractivity contribution in [1.82, 2.24) is 9.88 Å². The normalized spacial score (nSPS) is 19.2. The smallest absolute Gasteiger partial charge is 0.309 e. The predicted molar refractivity (Wildman–Crippen MR) is 99.8 cm³/mol.